The first-order valence-electron chi connectivity index (χ1n) is 6.72. The summed E-state index contributed by atoms with van der Waals surface area (Å²) in [5, 5.41) is 7.57. The van der Waals surface area contributed by atoms with E-state index in [0.29, 0.717) is 5.69 Å². The van der Waals surface area contributed by atoms with Crippen LogP contribution in [0.3, 0.4) is 0 Å². The van der Waals surface area contributed by atoms with Gasteiger partial charge >= 0.3 is 0 Å². The minimum Gasteiger partial charge on any atom is -0.384 e. The number of hydrogen-bond acceptors (Lipinski definition) is 3. The number of carbonyl (C=O) groups is 1. The van der Waals surface area contributed by atoms with E-state index in [1.165, 1.54) is 5.56 Å². The minimum absolute atomic E-state index is 0.0118. The van der Waals surface area contributed by atoms with Gasteiger partial charge in [0, 0.05) is 23.8 Å². The lowest BCUT2D eigenvalue weighted by molar-refractivity contribution is 0.102. The Bertz CT molecular complexity index is 676. The Labute approximate surface area is 126 Å². The lowest BCUT2D eigenvalue weighted by atomic mass is 10.0. The first-order chi connectivity index (χ1) is 9.58. The summed E-state index contributed by atoms with van der Waals surface area (Å²) in [6.07, 6.45) is 2.66. The molecule has 104 valence electrons. The van der Waals surface area contributed by atoms with Gasteiger partial charge in [-0.2, -0.15) is 5.10 Å². The molecule has 20 heavy (non-hydrogen) atoms. The molecule has 0 saturated carbocycles. The first-order valence-corrected chi connectivity index (χ1v) is 7.51. The van der Waals surface area contributed by atoms with Crippen molar-refractivity contribution < 1.29 is 4.79 Å². The monoisotopic (exact) mass is 333 g/mol. The number of ketones is 1. The molecular formula is C15H16BrN3O. The number of fused-ring (bicyclic) bond motifs is 1. The SMILES string of the molecule is CC(C)n1ncc(Br)c1C(=O)c1ccc2c(c1)CCN2. The van der Waals surface area contributed by atoms with Gasteiger partial charge in [-0.3, -0.25) is 9.48 Å². The van der Waals surface area contributed by atoms with Crippen molar-refractivity contribution in [2.45, 2.75) is 26.3 Å². The van der Waals surface area contributed by atoms with Crippen LogP contribution < -0.4 is 5.32 Å². The van der Waals surface area contributed by atoms with Crippen molar-refractivity contribution in [1.82, 2.24) is 9.78 Å². The molecule has 0 fully saturated rings. The van der Waals surface area contributed by atoms with Crippen LogP contribution in [0.2, 0.25) is 0 Å². The van der Waals surface area contributed by atoms with Crippen molar-refractivity contribution in [2.75, 3.05) is 11.9 Å². The van der Waals surface area contributed by atoms with Gasteiger partial charge in [0.05, 0.1) is 10.7 Å². The van der Waals surface area contributed by atoms with Crippen LogP contribution in [0.4, 0.5) is 5.69 Å². The van der Waals surface area contributed by atoms with Crippen molar-refractivity contribution in [2.24, 2.45) is 0 Å². The smallest absolute Gasteiger partial charge is 0.212 e. The van der Waals surface area contributed by atoms with Crippen LogP contribution in [0.5, 0.6) is 0 Å². The van der Waals surface area contributed by atoms with Gasteiger partial charge in [0.2, 0.25) is 5.78 Å². The van der Waals surface area contributed by atoms with Gasteiger partial charge in [-0.1, -0.05) is 0 Å². The highest BCUT2D eigenvalue weighted by Crippen LogP contribution is 2.27. The molecule has 2 aromatic rings. The number of rotatable bonds is 3. The van der Waals surface area contributed by atoms with Crippen molar-refractivity contribution in [1.29, 1.82) is 0 Å². The molecule has 1 N–H and O–H groups in total. The number of aromatic nitrogens is 2. The molecule has 4 nitrogen and oxygen atoms in total. The number of nitrogens with zero attached hydrogens (tertiary/aromatic N) is 2. The molecule has 0 atom stereocenters. The average molecular weight is 334 g/mol. The lowest BCUT2D eigenvalue weighted by Gasteiger charge is -2.11. The molecule has 5 heteroatoms. The van der Waals surface area contributed by atoms with E-state index in [1.807, 2.05) is 32.0 Å². The topological polar surface area (TPSA) is 46.9 Å². The zero-order chi connectivity index (χ0) is 14.3. The van der Waals surface area contributed by atoms with Crippen molar-refractivity contribution in [3.63, 3.8) is 0 Å². The Balaban J connectivity index is 2.03. The fraction of sp³-hybridized carbons (Fsp3) is 0.333. The second kappa shape index (κ2) is 5.05. The molecule has 0 radical (unpaired) electrons. The number of halogens is 1. The molecule has 1 aromatic heterocycles. The van der Waals surface area contributed by atoms with E-state index in [2.05, 4.69) is 26.3 Å². The highest BCUT2D eigenvalue weighted by Gasteiger charge is 2.21. The van der Waals surface area contributed by atoms with Gasteiger partial charge in [-0.05, 0) is 60.0 Å². The molecule has 0 unspecified atom stereocenters. The Morgan fingerprint density at radius 3 is 3.00 bits per heavy atom. The van der Waals surface area contributed by atoms with Gasteiger partial charge in [0.1, 0.15) is 5.69 Å². The Kier molecular flexibility index (Phi) is 3.38. The fourth-order valence-electron chi connectivity index (χ4n) is 2.53. The molecule has 2 heterocycles. The normalized spacial score (nSPS) is 13.4. The second-order valence-electron chi connectivity index (χ2n) is 5.26. The number of nitrogens with one attached hydrogen (secondary N) is 1. The summed E-state index contributed by atoms with van der Waals surface area (Å²) < 4.78 is 2.51. The number of anilines is 1. The number of benzene rings is 1. The van der Waals surface area contributed by atoms with Crippen LogP contribution in [-0.4, -0.2) is 22.1 Å². The predicted octanol–water partition coefficient (Wildman–Crippen LogP) is 3.43. The lowest BCUT2D eigenvalue weighted by Crippen LogP contribution is -2.14. The zero-order valence-corrected chi connectivity index (χ0v) is 13.1. The van der Waals surface area contributed by atoms with Crippen LogP contribution in [0.25, 0.3) is 0 Å². The molecule has 1 aliphatic heterocycles. The van der Waals surface area contributed by atoms with Crippen LogP contribution in [0.15, 0.2) is 28.9 Å². The van der Waals surface area contributed by atoms with Crippen LogP contribution >= 0.6 is 15.9 Å². The fourth-order valence-corrected chi connectivity index (χ4v) is 2.98. The molecule has 0 amide bonds. The molecule has 0 saturated heterocycles. The second-order valence-corrected chi connectivity index (χ2v) is 6.11. The Morgan fingerprint density at radius 2 is 2.25 bits per heavy atom. The third-order valence-corrected chi connectivity index (χ3v) is 4.11. The van der Waals surface area contributed by atoms with E-state index >= 15 is 0 Å². The van der Waals surface area contributed by atoms with E-state index in [9.17, 15) is 4.79 Å². The summed E-state index contributed by atoms with van der Waals surface area (Å²) in [5.74, 6) is 0.0118. The van der Waals surface area contributed by atoms with Crippen LogP contribution in [0.1, 0.15) is 41.5 Å². The quantitative estimate of drug-likeness (QED) is 0.875. The maximum absolute atomic E-state index is 12.7. The maximum Gasteiger partial charge on any atom is 0.212 e. The summed E-state index contributed by atoms with van der Waals surface area (Å²) in [6, 6.07) is 6.00. The highest BCUT2D eigenvalue weighted by atomic mass is 79.9. The zero-order valence-electron chi connectivity index (χ0n) is 11.5. The van der Waals surface area contributed by atoms with E-state index in [1.54, 1.807) is 10.9 Å². The third kappa shape index (κ3) is 2.16. The molecule has 3 rings (SSSR count). The maximum atomic E-state index is 12.7. The number of carbonyl (C=O) groups excluding carboxylic acids is 1. The summed E-state index contributed by atoms with van der Waals surface area (Å²) in [5.41, 5.74) is 3.68. The molecular weight excluding hydrogens is 318 g/mol. The Hall–Kier alpha value is -1.62. The van der Waals surface area contributed by atoms with Crippen LogP contribution in [0, 0.1) is 0 Å². The summed E-state index contributed by atoms with van der Waals surface area (Å²) in [4.78, 5) is 12.7. The largest absolute Gasteiger partial charge is 0.384 e. The van der Waals surface area contributed by atoms with E-state index < -0.39 is 0 Å². The first kappa shape index (κ1) is 13.4. The van der Waals surface area contributed by atoms with Gasteiger partial charge < -0.3 is 5.32 Å². The molecule has 1 aromatic carbocycles. The highest BCUT2D eigenvalue weighted by molar-refractivity contribution is 9.10. The van der Waals surface area contributed by atoms with Gasteiger partial charge in [-0.15, -0.1) is 0 Å². The third-order valence-electron chi connectivity index (χ3n) is 3.53. The van der Waals surface area contributed by atoms with Crippen molar-refractivity contribution >= 4 is 27.4 Å². The van der Waals surface area contributed by atoms with Gasteiger partial charge in [0.25, 0.3) is 0 Å². The standard InChI is InChI=1S/C15H16BrN3O/c1-9(2)19-14(12(16)8-18-19)15(20)11-3-4-13-10(7-11)5-6-17-13/h3-4,7-9,17H,5-6H2,1-2H3. The summed E-state index contributed by atoms with van der Waals surface area (Å²) >= 11 is 3.43. The molecule has 0 aliphatic carbocycles. The van der Waals surface area contributed by atoms with Crippen molar-refractivity contribution in [3.8, 4) is 0 Å². The summed E-state index contributed by atoms with van der Waals surface area (Å²) in [7, 11) is 0. The van der Waals surface area contributed by atoms with Crippen LogP contribution in [-0.2, 0) is 6.42 Å². The summed E-state index contributed by atoms with van der Waals surface area (Å²) in [6.45, 7) is 4.98. The van der Waals surface area contributed by atoms with Gasteiger partial charge in [-0.25, -0.2) is 0 Å². The average Bonchev–Trinajstić information content (AvgIpc) is 3.03. The van der Waals surface area contributed by atoms with E-state index in [-0.39, 0.29) is 11.8 Å². The van der Waals surface area contributed by atoms with Crippen molar-refractivity contribution in [3.05, 3.63) is 45.7 Å². The molecule has 0 spiro atoms. The van der Waals surface area contributed by atoms with Gasteiger partial charge in [0.15, 0.2) is 0 Å². The van der Waals surface area contributed by atoms with E-state index in [4.69, 9.17) is 0 Å². The Morgan fingerprint density at radius 1 is 1.45 bits per heavy atom. The minimum atomic E-state index is 0.0118. The molecule has 1 aliphatic rings. The number of hydrogen-bond donors (Lipinski definition) is 1. The molecule has 0 bridgehead atoms. The predicted molar refractivity (Wildman–Crippen MR) is 82.4 cm³/mol. The van der Waals surface area contributed by atoms with E-state index in [0.717, 1.165) is 28.7 Å².